The zero-order valence-corrected chi connectivity index (χ0v) is 9.90. The van der Waals surface area contributed by atoms with Crippen molar-refractivity contribution in [3.8, 4) is 5.75 Å². The van der Waals surface area contributed by atoms with Gasteiger partial charge in [-0.25, -0.2) is 4.39 Å². The fourth-order valence-electron chi connectivity index (χ4n) is 1.94. The van der Waals surface area contributed by atoms with Gasteiger partial charge in [0.2, 0.25) is 0 Å². The number of ether oxygens (including phenoxy) is 2. The van der Waals surface area contributed by atoms with Crippen LogP contribution in [0.25, 0.3) is 0 Å². The first kappa shape index (κ1) is 11.9. The van der Waals surface area contributed by atoms with Crippen LogP contribution < -0.4 is 4.74 Å². The Balaban J connectivity index is 2.10. The van der Waals surface area contributed by atoms with Gasteiger partial charge >= 0.3 is 5.97 Å². The van der Waals surface area contributed by atoms with Crippen molar-refractivity contribution in [2.75, 3.05) is 13.7 Å². The molecule has 0 amide bonds. The van der Waals surface area contributed by atoms with Gasteiger partial charge in [-0.1, -0.05) is 12.1 Å². The van der Waals surface area contributed by atoms with E-state index in [1.807, 2.05) is 0 Å². The number of methoxy groups -OCH3 is 1. The van der Waals surface area contributed by atoms with Crippen LogP contribution in [0.2, 0.25) is 0 Å². The zero-order valence-electron chi connectivity index (χ0n) is 9.90. The minimum Gasteiger partial charge on any atom is -0.497 e. The number of rotatable bonds is 4. The van der Waals surface area contributed by atoms with Crippen LogP contribution in [0, 0.1) is 5.92 Å². The number of halogens is 1. The summed E-state index contributed by atoms with van der Waals surface area (Å²) >= 11 is 0. The lowest BCUT2D eigenvalue weighted by Crippen LogP contribution is -2.13. The highest BCUT2D eigenvalue weighted by Crippen LogP contribution is 2.56. The number of hydrogen-bond donors (Lipinski definition) is 0. The normalized spacial score (nSPS) is 26.4. The van der Waals surface area contributed by atoms with Crippen LogP contribution in [0.3, 0.4) is 0 Å². The summed E-state index contributed by atoms with van der Waals surface area (Å²) in [6.07, 6.45) is 0.207. The van der Waals surface area contributed by atoms with E-state index < -0.39 is 17.6 Å². The monoisotopic (exact) mass is 238 g/mol. The van der Waals surface area contributed by atoms with Gasteiger partial charge in [-0.2, -0.15) is 0 Å². The summed E-state index contributed by atoms with van der Waals surface area (Å²) in [6.45, 7) is 2.00. The van der Waals surface area contributed by atoms with Crippen LogP contribution in [-0.4, -0.2) is 19.7 Å². The molecule has 0 unspecified atom stereocenters. The topological polar surface area (TPSA) is 35.5 Å². The Morgan fingerprint density at radius 2 is 2.12 bits per heavy atom. The van der Waals surface area contributed by atoms with E-state index in [-0.39, 0.29) is 13.0 Å². The Morgan fingerprint density at radius 3 is 2.65 bits per heavy atom. The van der Waals surface area contributed by atoms with Crippen molar-refractivity contribution in [3.63, 3.8) is 0 Å². The largest absolute Gasteiger partial charge is 0.497 e. The molecule has 0 N–H and O–H groups in total. The summed E-state index contributed by atoms with van der Waals surface area (Å²) in [6, 6.07) is 6.69. The maximum absolute atomic E-state index is 14.4. The summed E-state index contributed by atoms with van der Waals surface area (Å²) in [5, 5.41) is 0. The molecule has 2 atom stereocenters. The maximum Gasteiger partial charge on any atom is 0.312 e. The van der Waals surface area contributed by atoms with Crippen molar-refractivity contribution in [1.82, 2.24) is 0 Å². The molecule has 2 rings (SSSR count). The molecule has 3 nitrogen and oxygen atoms in total. The van der Waals surface area contributed by atoms with E-state index in [0.29, 0.717) is 11.3 Å². The molecule has 0 bridgehead atoms. The van der Waals surface area contributed by atoms with Gasteiger partial charge in [0, 0.05) is 6.42 Å². The third-order valence-electron chi connectivity index (χ3n) is 3.03. The lowest BCUT2D eigenvalue weighted by Gasteiger charge is -2.08. The van der Waals surface area contributed by atoms with E-state index in [1.54, 1.807) is 38.3 Å². The predicted octanol–water partition coefficient (Wildman–Crippen LogP) is 2.44. The van der Waals surface area contributed by atoms with Crippen molar-refractivity contribution in [2.24, 2.45) is 5.92 Å². The third kappa shape index (κ3) is 2.12. The summed E-state index contributed by atoms with van der Waals surface area (Å²) in [7, 11) is 1.55. The predicted molar refractivity (Wildman–Crippen MR) is 60.5 cm³/mol. The second-order valence-corrected chi connectivity index (χ2v) is 4.10. The van der Waals surface area contributed by atoms with E-state index >= 15 is 0 Å². The summed E-state index contributed by atoms with van der Waals surface area (Å²) in [5.74, 6) is -0.438. The Bertz CT molecular complexity index is 415. The minimum atomic E-state index is -1.56. The van der Waals surface area contributed by atoms with Crippen molar-refractivity contribution < 1.29 is 18.7 Å². The fourth-order valence-corrected chi connectivity index (χ4v) is 1.94. The molecule has 0 aromatic heterocycles. The van der Waals surface area contributed by atoms with E-state index in [2.05, 4.69) is 0 Å². The van der Waals surface area contributed by atoms with Gasteiger partial charge in [0.15, 0.2) is 0 Å². The Hall–Kier alpha value is -1.58. The van der Waals surface area contributed by atoms with Gasteiger partial charge in [-0.05, 0) is 24.6 Å². The molecule has 1 saturated carbocycles. The second-order valence-electron chi connectivity index (χ2n) is 4.10. The molecule has 1 aromatic carbocycles. The third-order valence-corrected chi connectivity index (χ3v) is 3.03. The lowest BCUT2D eigenvalue weighted by molar-refractivity contribution is -0.145. The molecule has 0 radical (unpaired) electrons. The van der Waals surface area contributed by atoms with E-state index in [0.717, 1.165) is 0 Å². The average molecular weight is 238 g/mol. The molecule has 1 aromatic rings. The molecule has 1 aliphatic carbocycles. The highest BCUT2D eigenvalue weighted by Gasteiger charge is 2.61. The average Bonchev–Trinajstić information content (AvgIpc) is 3.04. The highest BCUT2D eigenvalue weighted by molar-refractivity contribution is 5.78. The van der Waals surface area contributed by atoms with Gasteiger partial charge in [-0.15, -0.1) is 0 Å². The minimum absolute atomic E-state index is 0.207. The number of alkyl halides is 1. The zero-order chi connectivity index (χ0) is 12.5. The van der Waals surface area contributed by atoms with Crippen LogP contribution in [0.1, 0.15) is 18.9 Å². The van der Waals surface area contributed by atoms with E-state index in [9.17, 15) is 9.18 Å². The van der Waals surface area contributed by atoms with Crippen molar-refractivity contribution in [3.05, 3.63) is 29.8 Å². The molecule has 17 heavy (non-hydrogen) atoms. The number of benzene rings is 1. The molecular weight excluding hydrogens is 223 g/mol. The van der Waals surface area contributed by atoms with Crippen LogP contribution in [-0.2, 0) is 15.2 Å². The van der Waals surface area contributed by atoms with Crippen LogP contribution in [0.15, 0.2) is 24.3 Å². The van der Waals surface area contributed by atoms with Gasteiger partial charge in [0.25, 0.3) is 0 Å². The van der Waals surface area contributed by atoms with Crippen LogP contribution >= 0.6 is 0 Å². The van der Waals surface area contributed by atoms with Crippen LogP contribution in [0.4, 0.5) is 4.39 Å². The SMILES string of the molecule is CCOC(=O)[C@@H]1C[C@@]1(F)c1ccc(OC)cc1. The van der Waals surface area contributed by atoms with Gasteiger partial charge < -0.3 is 9.47 Å². The van der Waals surface area contributed by atoms with E-state index in [1.165, 1.54) is 0 Å². The Kier molecular flexibility index (Phi) is 3.05. The smallest absolute Gasteiger partial charge is 0.312 e. The Labute approximate surface area is 99.5 Å². The molecule has 4 heteroatoms. The summed E-state index contributed by atoms with van der Waals surface area (Å²) < 4.78 is 24.2. The lowest BCUT2D eigenvalue weighted by atomic mass is 10.1. The molecule has 0 spiro atoms. The van der Waals surface area contributed by atoms with Crippen LogP contribution in [0.5, 0.6) is 5.75 Å². The molecule has 1 aliphatic rings. The molecule has 0 aliphatic heterocycles. The fraction of sp³-hybridized carbons (Fsp3) is 0.462. The molecule has 1 fully saturated rings. The molecular formula is C13H15FO3. The highest BCUT2D eigenvalue weighted by atomic mass is 19.1. The Morgan fingerprint density at radius 1 is 1.47 bits per heavy atom. The molecule has 92 valence electrons. The number of esters is 1. The summed E-state index contributed by atoms with van der Waals surface area (Å²) in [5.41, 5.74) is -1.05. The van der Waals surface area contributed by atoms with Crippen molar-refractivity contribution in [1.29, 1.82) is 0 Å². The molecule has 0 heterocycles. The number of carbonyl (C=O) groups excluding carboxylic acids is 1. The standard InChI is InChI=1S/C13H15FO3/c1-3-17-12(15)11-8-13(11,14)9-4-6-10(16-2)7-5-9/h4-7,11H,3,8H2,1-2H3/t11-,13+/m0/s1. The van der Waals surface area contributed by atoms with Gasteiger partial charge in [-0.3, -0.25) is 4.79 Å². The second kappa shape index (κ2) is 4.35. The maximum atomic E-state index is 14.4. The van der Waals surface area contributed by atoms with E-state index in [4.69, 9.17) is 9.47 Å². The first-order valence-corrected chi connectivity index (χ1v) is 5.62. The van der Waals surface area contributed by atoms with Gasteiger partial charge in [0.05, 0.1) is 19.6 Å². The first-order valence-electron chi connectivity index (χ1n) is 5.62. The quantitative estimate of drug-likeness (QED) is 0.756. The van der Waals surface area contributed by atoms with Gasteiger partial charge in [0.1, 0.15) is 11.4 Å². The summed E-state index contributed by atoms with van der Waals surface area (Å²) in [4.78, 5) is 11.4. The molecule has 0 saturated heterocycles. The van der Waals surface area contributed by atoms with Crippen molar-refractivity contribution >= 4 is 5.97 Å². The number of carbonyl (C=O) groups is 1. The van der Waals surface area contributed by atoms with Crippen molar-refractivity contribution in [2.45, 2.75) is 19.0 Å². The first-order chi connectivity index (χ1) is 8.11. The number of hydrogen-bond acceptors (Lipinski definition) is 3.